The normalized spacial score (nSPS) is 16.8. The summed E-state index contributed by atoms with van der Waals surface area (Å²) in [5, 5.41) is 2.03. The first-order valence-electron chi connectivity index (χ1n) is 7.56. The first kappa shape index (κ1) is 16.4. The molecule has 4 nitrogen and oxygen atoms in total. The Morgan fingerprint density at radius 1 is 1.33 bits per heavy atom. The summed E-state index contributed by atoms with van der Waals surface area (Å²) in [6, 6.07) is 10.6. The van der Waals surface area contributed by atoms with Crippen LogP contribution in [0.5, 0.6) is 5.75 Å². The fourth-order valence-electron chi connectivity index (χ4n) is 2.24. The van der Waals surface area contributed by atoms with E-state index >= 15 is 0 Å². The van der Waals surface area contributed by atoms with Crippen LogP contribution in [-0.2, 0) is 16.0 Å². The Balaban J connectivity index is 1.66. The van der Waals surface area contributed by atoms with Gasteiger partial charge in [-0.2, -0.15) is 0 Å². The van der Waals surface area contributed by atoms with E-state index in [9.17, 15) is 9.18 Å². The smallest absolute Gasteiger partial charge is 0.363 e. The molecule has 0 fully saturated rings. The summed E-state index contributed by atoms with van der Waals surface area (Å²) < 4.78 is 22.9. The summed E-state index contributed by atoms with van der Waals surface area (Å²) in [7, 11) is 0. The van der Waals surface area contributed by atoms with Gasteiger partial charge in [-0.15, -0.1) is 11.3 Å². The van der Waals surface area contributed by atoms with E-state index in [1.165, 1.54) is 11.8 Å². The van der Waals surface area contributed by atoms with Crippen molar-refractivity contribution in [2.75, 3.05) is 0 Å². The average Bonchev–Trinajstić information content (AvgIpc) is 3.18. The predicted octanol–water partition coefficient (Wildman–Crippen LogP) is 4.26. The maximum absolute atomic E-state index is 12.8. The number of carbonyl (C=O) groups is 1. The average molecular weight is 345 g/mol. The summed E-state index contributed by atoms with van der Waals surface area (Å²) in [5.74, 6) is 0.210. The molecule has 3 rings (SSSR count). The van der Waals surface area contributed by atoms with E-state index in [1.54, 1.807) is 41.7 Å². The molecule has 0 saturated carbocycles. The number of alkyl halides is 1. The first-order valence-corrected chi connectivity index (χ1v) is 8.44. The first-order chi connectivity index (χ1) is 11.6. The highest BCUT2D eigenvalue weighted by Crippen LogP contribution is 2.21. The van der Waals surface area contributed by atoms with E-state index in [1.807, 2.05) is 11.4 Å². The van der Waals surface area contributed by atoms with E-state index in [0.717, 1.165) is 12.8 Å². The van der Waals surface area contributed by atoms with E-state index in [4.69, 9.17) is 9.47 Å². The molecule has 0 radical (unpaired) electrons. The molecule has 2 aromatic rings. The highest BCUT2D eigenvalue weighted by Gasteiger charge is 2.23. The zero-order chi connectivity index (χ0) is 16.9. The highest BCUT2D eigenvalue weighted by atomic mass is 32.1. The number of esters is 1. The van der Waals surface area contributed by atoms with Gasteiger partial charge in [0.15, 0.2) is 0 Å². The molecule has 24 heavy (non-hydrogen) atoms. The van der Waals surface area contributed by atoms with Gasteiger partial charge in [0.2, 0.25) is 12.3 Å². The minimum atomic E-state index is -1.38. The Bertz CT molecular complexity index is 764. The lowest BCUT2D eigenvalue weighted by atomic mass is 10.2. The summed E-state index contributed by atoms with van der Waals surface area (Å²) in [5.41, 5.74) is 0.961. The molecule has 124 valence electrons. The lowest BCUT2D eigenvalue weighted by Crippen LogP contribution is -2.06. The molecule has 2 heterocycles. The summed E-state index contributed by atoms with van der Waals surface area (Å²) >= 11 is 1.69. The van der Waals surface area contributed by atoms with Crippen molar-refractivity contribution in [3.63, 3.8) is 0 Å². The number of rotatable bonds is 6. The van der Waals surface area contributed by atoms with E-state index < -0.39 is 12.3 Å². The Kier molecular flexibility index (Phi) is 5.05. The van der Waals surface area contributed by atoms with Crippen molar-refractivity contribution in [3.05, 3.63) is 64.0 Å². The van der Waals surface area contributed by atoms with Gasteiger partial charge >= 0.3 is 5.97 Å². The Hall–Kier alpha value is -2.47. The van der Waals surface area contributed by atoms with E-state index in [-0.39, 0.29) is 5.90 Å². The number of cyclic esters (lactones) is 1. The van der Waals surface area contributed by atoms with Crippen LogP contribution < -0.4 is 4.74 Å². The minimum absolute atomic E-state index is 0.252. The fraction of sp³-hybridized carbons (Fsp3) is 0.222. The van der Waals surface area contributed by atoms with Gasteiger partial charge in [0, 0.05) is 17.4 Å². The van der Waals surface area contributed by atoms with Crippen LogP contribution in [-0.4, -0.2) is 18.2 Å². The minimum Gasteiger partial charge on any atom is -0.461 e. The molecule has 0 spiro atoms. The molecule has 1 aliphatic rings. The maximum Gasteiger partial charge on any atom is 0.363 e. The molecule has 6 heteroatoms. The molecule has 1 aromatic carbocycles. The van der Waals surface area contributed by atoms with Crippen molar-refractivity contribution in [2.24, 2.45) is 4.99 Å². The molecule has 0 aliphatic carbocycles. The number of ether oxygens (including phenoxy) is 2. The van der Waals surface area contributed by atoms with Gasteiger partial charge in [-0.25, -0.2) is 14.2 Å². The summed E-state index contributed by atoms with van der Waals surface area (Å²) in [4.78, 5) is 17.4. The van der Waals surface area contributed by atoms with Crippen molar-refractivity contribution < 1.29 is 18.7 Å². The van der Waals surface area contributed by atoms with Crippen LogP contribution in [0.1, 0.15) is 23.8 Å². The van der Waals surface area contributed by atoms with Crippen LogP contribution in [0.15, 0.2) is 58.5 Å². The second-order valence-electron chi connectivity index (χ2n) is 5.20. The Morgan fingerprint density at radius 2 is 2.12 bits per heavy atom. The number of carbonyl (C=O) groups excluding carboxylic acids is 1. The zero-order valence-corrected chi connectivity index (χ0v) is 13.9. The highest BCUT2D eigenvalue weighted by molar-refractivity contribution is 7.09. The summed E-state index contributed by atoms with van der Waals surface area (Å²) in [6.45, 7) is 1.31. The number of hydrogen-bond donors (Lipinski definition) is 0. The topological polar surface area (TPSA) is 47.9 Å². The molecular formula is C18H16FNO3S. The predicted molar refractivity (Wildman–Crippen MR) is 91.0 cm³/mol. The zero-order valence-electron chi connectivity index (χ0n) is 13.1. The lowest BCUT2D eigenvalue weighted by molar-refractivity contribution is -0.130. The molecule has 0 N–H and O–H groups in total. The van der Waals surface area contributed by atoms with Gasteiger partial charge in [0.1, 0.15) is 11.4 Å². The molecule has 1 atom stereocenters. The number of halogens is 1. The Labute approximate surface area is 143 Å². The second-order valence-corrected chi connectivity index (χ2v) is 6.23. The molecule has 1 unspecified atom stereocenters. The maximum atomic E-state index is 12.8. The number of allylic oxidation sites excluding steroid dienone is 1. The fourth-order valence-corrected chi connectivity index (χ4v) is 2.96. The molecule has 1 aliphatic heterocycles. The van der Waals surface area contributed by atoms with Crippen LogP contribution in [0.3, 0.4) is 0 Å². The van der Waals surface area contributed by atoms with Crippen LogP contribution in [0, 0.1) is 0 Å². The third-order valence-electron chi connectivity index (χ3n) is 3.33. The van der Waals surface area contributed by atoms with Crippen LogP contribution in [0.25, 0.3) is 0 Å². The molecule has 0 amide bonds. The molecule has 1 aromatic heterocycles. The summed E-state index contributed by atoms with van der Waals surface area (Å²) in [6.07, 6.45) is 2.00. The quantitative estimate of drug-likeness (QED) is 0.580. The monoisotopic (exact) mass is 345 g/mol. The third kappa shape index (κ3) is 4.08. The van der Waals surface area contributed by atoms with Crippen molar-refractivity contribution in [2.45, 2.75) is 26.1 Å². The van der Waals surface area contributed by atoms with Gasteiger partial charge < -0.3 is 9.47 Å². The number of hydrogen-bond acceptors (Lipinski definition) is 5. The van der Waals surface area contributed by atoms with Crippen LogP contribution in [0.4, 0.5) is 4.39 Å². The van der Waals surface area contributed by atoms with E-state index in [2.05, 4.69) is 11.1 Å². The van der Waals surface area contributed by atoms with Gasteiger partial charge in [0.25, 0.3) is 0 Å². The number of aliphatic imine (C=N–C) groups is 1. The standard InChI is InChI=1S/C18H16FNO3S/c1-12(19)22-14-9-7-13(8-10-14)17-20-16(18(21)23-17)6-2-4-15-5-3-11-24-15/h3,5-12H,2,4H2,1H3/b16-6+. The SMILES string of the molecule is CC(F)Oc1ccc(C2=N/C(=C/CCc3cccs3)C(=O)O2)cc1. The van der Waals surface area contributed by atoms with Crippen molar-refractivity contribution in [3.8, 4) is 5.75 Å². The van der Waals surface area contributed by atoms with Crippen molar-refractivity contribution >= 4 is 23.2 Å². The van der Waals surface area contributed by atoms with Gasteiger partial charge in [0.05, 0.1) is 0 Å². The number of thiophene rings is 1. The number of nitrogens with zero attached hydrogens (tertiary/aromatic N) is 1. The van der Waals surface area contributed by atoms with E-state index in [0.29, 0.717) is 17.0 Å². The Morgan fingerprint density at radius 3 is 2.79 bits per heavy atom. The number of benzene rings is 1. The van der Waals surface area contributed by atoms with Crippen LogP contribution >= 0.6 is 11.3 Å². The molecule has 0 bridgehead atoms. The van der Waals surface area contributed by atoms with Gasteiger partial charge in [-0.3, -0.25) is 0 Å². The van der Waals surface area contributed by atoms with Gasteiger partial charge in [-0.1, -0.05) is 12.1 Å². The molecular weight excluding hydrogens is 329 g/mol. The van der Waals surface area contributed by atoms with Crippen molar-refractivity contribution in [1.82, 2.24) is 0 Å². The lowest BCUT2D eigenvalue weighted by Gasteiger charge is -2.07. The van der Waals surface area contributed by atoms with Crippen LogP contribution in [0.2, 0.25) is 0 Å². The third-order valence-corrected chi connectivity index (χ3v) is 4.26. The second kappa shape index (κ2) is 7.40. The van der Waals surface area contributed by atoms with Gasteiger partial charge in [-0.05, 0) is 48.6 Å². The van der Waals surface area contributed by atoms with Crippen molar-refractivity contribution in [1.29, 1.82) is 0 Å². The number of aryl methyl sites for hydroxylation is 1. The molecule has 0 saturated heterocycles. The largest absolute Gasteiger partial charge is 0.461 e.